The monoisotopic (exact) mass is 527 g/mol. The third-order valence-corrected chi connectivity index (χ3v) is 8.93. The Morgan fingerprint density at radius 3 is 2.59 bits per heavy atom. The number of aromatic nitrogens is 2. The Balaban J connectivity index is 1.18. The van der Waals surface area contributed by atoms with Crippen molar-refractivity contribution in [2.45, 2.75) is 95.5 Å². The predicted octanol–water partition coefficient (Wildman–Crippen LogP) is 4.24. The molecule has 0 bridgehead atoms. The maximum Gasteiger partial charge on any atom is 0.410 e. The zero-order chi connectivity index (χ0) is 26.2. The van der Waals surface area contributed by atoms with E-state index in [1.165, 1.54) is 10.4 Å². The van der Waals surface area contributed by atoms with Crippen LogP contribution in [0.2, 0.25) is 0 Å². The maximum atomic E-state index is 12.4. The summed E-state index contributed by atoms with van der Waals surface area (Å²) < 4.78 is 12.0. The summed E-state index contributed by atoms with van der Waals surface area (Å²) >= 11 is 1.69. The summed E-state index contributed by atoms with van der Waals surface area (Å²) in [5.74, 6) is 0.789. The lowest BCUT2D eigenvalue weighted by molar-refractivity contribution is 0.00508. The van der Waals surface area contributed by atoms with Crippen LogP contribution in [0.3, 0.4) is 0 Å². The first-order valence-electron chi connectivity index (χ1n) is 13.4. The van der Waals surface area contributed by atoms with Crippen LogP contribution in [-0.2, 0) is 11.2 Å². The molecule has 37 heavy (non-hydrogen) atoms. The van der Waals surface area contributed by atoms with Gasteiger partial charge in [0, 0.05) is 37.1 Å². The molecule has 2 aliphatic carbocycles. The quantitative estimate of drug-likeness (QED) is 0.575. The van der Waals surface area contributed by atoms with Gasteiger partial charge < -0.3 is 19.5 Å². The summed E-state index contributed by atoms with van der Waals surface area (Å²) in [7, 11) is 0. The second-order valence-electron chi connectivity index (χ2n) is 11.5. The first kappa shape index (κ1) is 26.1. The van der Waals surface area contributed by atoms with Crippen LogP contribution in [0, 0.1) is 11.3 Å². The van der Waals surface area contributed by atoms with E-state index in [1.807, 2.05) is 31.7 Å². The van der Waals surface area contributed by atoms with Crippen molar-refractivity contribution in [3.63, 3.8) is 0 Å². The van der Waals surface area contributed by atoms with Crippen molar-refractivity contribution in [3.05, 3.63) is 16.8 Å². The Kier molecular flexibility index (Phi) is 7.57. The van der Waals surface area contributed by atoms with E-state index < -0.39 is 11.7 Å². The molecule has 1 amide bonds. The zero-order valence-electron chi connectivity index (χ0n) is 22.0. The number of aliphatic hydroxyl groups is 1. The standard InChI is InChI=1S/C27H37N5O4S/c1-27(2,3)36-26(34)32-12-10-31(11-13-32)18-5-7-20(8-6-18)35-24-23-22-17(14-19(33)15-28)4-9-21(22)37-25(23)30-16-29-24/h16-20,33H,4-14H2,1-3H3/t17-,18?,19?,20?/m1/s1. The van der Waals surface area contributed by atoms with Gasteiger partial charge in [-0.2, -0.15) is 5.26 Å². The van der Waals surface area contributed by atoms with E-state index in [2.05, 4.69) is 14.9 Å². The second kappa shape index (κ2) is 10.7. The van der Waals surface area contributed by atoms with Gasteiger partial charge in [-0.1, -0.05) is 0 Å². The number of aliphatic hydroxyl groups excluding tert-OH is 1. The average molecular weight is 528 g/mol. The summed E-state index contributed by atoms with van der Waals surface area (Å²) in [6.45, 7) is 8.86. The van der Waals surface area contributed by atoms with Crippen LogP contribution in [0.4, 0.5) is 4.79 Å². The van der Waals surface area contributed by atoms with Gasteiger partial charge in [0.15, 0.2) is 0 Å². The Morgan fingerprint density at radius 1 is 1.19 bits per heavy atom. The highest BCUT2D eigenvalue weighted by atomic mass is 32.1. The number of carbonyl (C=O) groups excluding carboxylic acids is 1. The molecule has 1 aliphatic heterocycles. The molecular weight excluding hydrogens is 490 g/mol. The van der Waals surface area contributed by atoms with Gasteiger partial charge in [0.1, 0.15) is 29.0 Å². The number of ether oxygens (including phenoxy) is 2. The zero-order valence-corrected chi connectivity index (χ0v) is 22.8. The van der Waals surface area contributed by atoms with Gasteiger partial charge in [-0.25, -0.2) is 14.8 Å². The van der Waals surface area contributed by atoms with Crippen molar-refractivity contribution < 1.29 is 19.4 Å². The number of carbonyl (C=O) groups is 1. The number of fused-ring (bicyclic) bond motifs is 3. The Morgan fingerprint density at radius 2 is 1.92 bits per heavy atom. The fourth-order valence-corrected chi connectivity index (χ4v) is 7.20. The van der Waals surface area contributed by atoms with E-state index in [1.54, 1.807) is 17.7 Å². The Bertz CT molecular complexity index is 1160. The summed E-state index contributed by atoms with van der Waals surface area (Å²) in [4.78, 5) is 28.0. The van der Waals surface area contributed by atoms with Gasteiger partial charge in [0.05, 0.1) is 11.5 Å². The van der Waals surface area contributed by atoms with E-state index >= 15 is 0 Å². The minimum Gasteiger partial charge on any atom is -0.474 e. The molecule has 9 nitrogen and oxygen atoms in total. The topological polar surface area (TPSA) is 112 Å². The fraction of sp³-hybridized carbons (Fsp3) is 0.704. The number of thiophene rings is 1. The smallest absolute Gasteiger partial charge is 0.410 e. The molecular formula is C27H37N5O4S. The lowest BCUT2D eigenvalue weighted by Gasteiger charge is -2.42. The van der Waals surface area contributed by atoms with Crippen molar-refractivity contribution >= 4 is 27.6 Å². The SMILES string of the molecule is CC(C)(C)OC(=O)N1CCN(C2CCC(Oc3ncnc4sc5c(c34)[C@@H](CC(O)C#N)CC5)CC2)CC1. The highest BCUT2D eigenvalue weighted by Crippen LogP contribution is 2.47. The van der Waals surface area contributed by atoms with Gasteiger partial charge in [0.25, 0.3) is 0 Å². The number of piperazine rings is 1. The lowest BCUT2D eigenvalue weighted by atomic mass is 9.91. The minimum absolute atomic E-state index is 0.109. The Labute approximate surface area is 222 Å². The summed E-state index contributed by atoms with van der Waals surface area (Å²) in [5.41, 5.74) is 0.713. The molecule has 0 spiro atoms. The third kappa shape index (κ3) is 5.84. The van der Waals surface area contributed by atoms with E-state index in [-0.39, 0.29) is 18.1 Å². The van der Waals surface area contributed by atoms with Gasteiger partial charge in [-0.3, -0.25) is 4.90 Å². The largest absolute Gasteiger partial charge is 0.474 e. The maximum absolute atomic E-state index is 12.4. The molecule has 3 heterocycles. The molecule has 1 unspecified atom stereocenters. The second-order valence-corrected chi connectivity index (χ2v) is 12.5. The molecule has 10 heteroatoms. The molecule has 1 saturated carbocycles. The van der Waals surface area contributed by atoms with E-state index in [9.17, 15) is 9.90 Å². The van der Waals surface area contributed by atoms with Crippen molar-refractivity contribution in [1.29, 1.82) is 5.26 Å². The summed E-state index contributed by atoms with van der Waals surface area (Å²) in [6.07, 6.45) is 6.89. The van der Waals surface area contributed by atoms with Crippen LogP contribution in [0.5, 0.6) is 5.88 Å². The third-order valence-electron chi connectivity index (χ3n) is 7.76. The van der Waals surface area contributed by atoms with Gasteiger partial charge in [-0.15, -0.1) is 11.3 Å². The molecule has 200 valence electrons. The van der Waals surface area contributed by atoms with Crippen molar-refractivity contribution in [1.82, 2.24) is 19.8 Å². The number of hydrogen-bond acceptors (Lipinski definition) is 9. The number of hydrogen-bond donors (Lipinski definition) is 1. The van der Waals surface area contributed by atoms with Crippen LogP contribution >= 0.6 is 11.3 Å². The van der Waals surface area contributed by atoms with E-state index in [4.69, 9.17) is 14.7 Å². The van der Waals surface area contributed by atoms with Crippen LogP contribution in [0.1, 0.15) is 75.7 Å². The average Bonchev–Trinajstić information content (AvgIpc) is 3.43. The molecule has 0 aromatic carbocycles. The summed E-state index contributed by atoms with van der Waals surface area (Å²) in [6, 6.07) is 2.47. The van der Waals surface area contributed by atoms with Crippen molar-refractivity contribution in [2.75, 3.05) is 26.2 Å². The normalized spacial score (nSPS) is 25.5. The molecule has 2 aromatic rings. The van der Waals surface area contributed by atoms with Crippen molar-refractivity contribution in [2.24, 2.45) is 0 Å². The van der Waals surface area contributed by atoms with Crippen LogP contribution in [0.25, 0.3) is 10.2 Å². The first-order chi connectivity index (χ1) is 17.7. The number of nitriles is 1. The highest BCUT2D eigenvalue weighted by Gasteiger charge is 2.34. The molecule has 3 aliphatic rings. The molecule has 2 aromatic heterocycles. The number of amides is 1. The molecule has 1 N–H and O–H groups in total. The van der Waals surface area contributed by atoms with Gasteiger partial charge >= 0.3 is 6.09 Å². The number of aryl methyl sites for hydroxylation is 1. The molecule has 5 rings (SSSR count). The fourth-order valence-electron chi connectivity index (χ4n) is 5.97. The van der Waals surface area contributed by atoms with Crippen LogP contribution < -0.4 is 4.74 Å². The molecule has 0 radical (unpaired) electrons. The number of rotatable bonds is 5. The molecule has 2 fully saturated rings. The minimum atomic E-state index is -0.957. The molecule has 2 atom stereocenters. The predicted molar refractivity (Wildman–Crippen MR) is 141 cm³/mol. The van der Waals surface area contributed by atoms with E-state index in [0.29, 0.717) is 31.4 Å². The van der Waals surface area contributed by atoms with Gasteiger partial charge in [0.2, 0.25) is 5.88 Å². The Hall–Kier alpha value is -2.48. The number of nitrogens with zero attached hydrogens (tertiary/aromatic N) is 5. The van der Waals surface area contributed by atoms with Gasteiger partial charge in [-0.05, 0) is 77.2 Å². The van der Waals surface area contributed by atoms with Crippen LogP contribution in [-0.4, -0.2) is 81.0 Å². The van der Waals surface area contributed by atoms with Crippen LogP contribution in [0.15, 0.2) is 6.33 Å². The summed E-state index contributed by atoms with van der Waals surface area (Å²) in [5, 5.41) is 20.0. The van der Waals surface area contributed by atoms with Crippen molar-refractivity contribution in [3.8, 4) is 11.9 Å². The molecule has 1 saturated heterocycles. The highest BCUT2D eigenvalue weighted by molar-refractivity contribution is 7.19. The lowest BCUT2D eigenvalue weighted by Crippen LogP contribution is -2.53. The van der Waals surface area contributed by atoms with E-state index in [0.717, 1.165) is 61.8 Å². The first-order valence-corrected chi connectivity index (χ1v) is 14.3.